The zero-order valence-corrected chi connectivity index (χ0v) is 11.1. The Kier molecular flexibility index (Phi) is 4.06. The number of aryl methyl sites for hydroxylation is 1. The lowest BCUT2D eigenvalue weighted by molar-refractivity contribution is 0.411. The van der Waals surface area contributed by atoms with Gasteiger partial charge in [-0.2, -0.15) is 0 Å². The van der Waals surface area contributed by atoms with Crippen LogP contribution in [0.5, 0.6) is 5.75 Å². The van der Waals surface area contributed by atoms with Gasteiger partial charge in [0.25, 0.3) is 0 Å². The molecule has 0 aromatic heterocycles. The van der Waals surface area contributed by atoms with Crippen molar-refractivity contribution in [1.29, 1.82) is 0 Å². The Morgan fingerprint density at radius 3 is 3.00 bits per heavy atom. The number of ether oxygens (including phenoxy) is 1. The number of benzene rings is 1. The van der Waals surface area contributed by atoms with Crippen LogP contribution in [0.15, 0.2) is 18.2 Å². The van der Waals surface area contributed by atoms with Crippen molar-refractivity contribution in [2.45, 2.75) is 39.2 Å². The number of methoxy groups -OCH3 is 1. The molecule has 17 heavy (non-hydrogen) atoms. The summed E-state index contributed by atoms with van der Waals surface area (Å²) in [6.45, 7) is 5.66. The van der Waals surface area contributed by atoms with Crippen molar-refractivity contribution >= 4 is 0 Å². The largest absolute Gasteiger partial charge is 0.497 e. The van der Waals surface area contributed by atoms with Gasteiger partial charge in [0.05, 0.1) is 7.11 Å². The zero-order chi connectivity index (χ0) is 12.3. The molecule has 2 atom stereocenters. The second kappa shape index (κ2) is 5.54. The lowest BCUT2D eigenvalue weighted by Gasteiger charge is -2.17. The summed E-state index contributed by atoms with van der Waals surface area (Å²) in [5.74, 6) is 1.73. The van der Waals surface area contributed by atoms with E-state index in [0.29, 0.717) is 6.04 Å². The molecule has 0 bridgehead atoms. The van der Waals surface area contributed by atoms with E-state index in [9.17, 15) is 0 Å². The van der Waals surface area contributed by atoms with Gasteiger partial charge in [-0.05, 0) is 48.6 Å². The molecule has 2 nitrogen and oxygen atoms in total. The van der Waals surface area contributed by atoms with Crippen molar-refractivity contribution in [3.05, 3.63) is 29.3 Å². The molecule has 0 radical (unpaired) electrons. The lowest BCUT2D eigenvalue weighted by atomic mass is 10.1. The first kappa shape index (κ1) is 12.4. The Morgan fingerprint density at radius 1 is 1.47 bits per heavy atom. The first-order chi connectivity index (χ1) is 8.24. The van der Waals surface area contributed by atoms with Crippen molar-refractivity contribution in [2.24, 2.45) is 5.92 Å². The Balaban J connectivity index is 2.04. The van der Waals surface area contributed by atoms with Crippen molar-refractivity contribution in [2.75, 3.05) is 13.7 Å². The highest BCUT2D eigenvalue weighted by Crippen LogP contribution is 2.33. The molecule has 94 valence electrons. The molecule has 0 aliphatic heterocycles. The van der Waals surface area contributed by atoms with Gasteiger partial charge in [0, 0.05) is 6.04 Å². The van der Waals surface area contributed by atoms with E-state index in [-0.39, 0.29) is 0 Å². The second-order valence-corrected chi connectivity index (χ2v) is 5.08. The molecule has 0 amide bonds. The quantitative estimate of drug-likeness (QED) is 0.842. The van der Waals surface area contributed by atoms with E-state index in [0.717, 1.165) is 18.2 Å². The Morgan fingerprint density at radius 2 is 2.29 bits per heavy atom. The second-order valence-electron chi connectivity index (χ2n) is 5.08. The smallest absolute Gasteiger partial charge is 0.119 e. The third kappa shape index (κ3) is 2.81. The molecule has 0 fully saturated rings. The number of hydrogen-bond donors (Lipinski definition) is 1. The highest BCUT2D eigenvalue weighted by atomic mass is 16.5. The van der Waals surface area contributed by atoms with Crippen LogP contribution in [0.3, 0.4) is 0 Å². The van der Waals surface area contributed by atoms with Crippen molar-refractivity contribution < 1.29 is 4.74 Å². The molecule has 1 aromatic rings. The molecule has 2 unspecified atom stereocenters. The molecule has 1 aliphatic carbocycles. The number of hydrogen-bond acceptors (Lipinski definition) is 2. The van der Waals surface area contributed by atoms with Crippen LogP contribution in [0.2, 0.25) is 0 Å². The Labute approximate surface area is 104 Å². The van der Waals surface area contributed by atoms with E-state index < -0.39 is 0 Å². The van der Waals surface area contributed by atoms with E-state index in [4.69, 9.17) is 4.74 Å². The van der Waals surface area contributed by atoms with Gasteiger partial charge in [0.2, 0.25) is 0 Å². The highest BCUT2D eigenvalue weighted by Gasteiger charge is 2.22. The minimum Gasteiger partial charge on any atom is -0.497 e. The van der Waals surface area contributed by atoms with Crippen LogP contribution >= 0.6 is 0 Å². The monoisotopic (exact) mass is 233 g/mol. The van der Waals surface area contributed by atoms with E-state index >= 15 is 0 Å². The summed E-state index contributed by atoms with van der Waals surface area (Å²) in [4.78, 5) is 0. The lowest BCUT2D eigenvalue weighted by Crippen LogP contribution is -2.24. The zero-order valence-electron chi connectivity index (χ0n) is 11.1. The third-order valence-corrected chi connectivity index (χ3v) is 3.84. The van der Waals surface area contributed by atoms with Gasteiger partial charge >= 0.3 is 0 Å². The summed E-state index contributed by atoms with van der Waals surface area (Å²) in [6, 6.07) is 6.99. The predicted octanol–water partition coefficient (Wildman–Crippen LogP) is 3.32. The van der Waals surface area contributed by atoms with E-state index in [1.807, 2.05) is 0 Å². The minimum absolute atomic E-state index is 0.522. The molecular formula is C15H23NO. The van der Waals surface area contributed by atoms with Crippen LogP contribution in [0.4, 0.5) is 0 Å². The maximum absolute atomic E-state index is 5.31. The van der Waals surface area contributed by atoms with Crippen LogP contribution < -0.4 is 10.1 Å². The van der Waals surface area contributed by atoms with Gasteiger partial charge < -0.3 is 10.1 Å². The predicted molar refractivity (Wildman–Crippen MR) is 71.5 cm³/mol. The van der Waals surface area contributed by atoms with E-state index in [1.54, 1.807) is 7.11 Å². The van der Waals surface area contributed by atoms with Crippen molar-refractivity contribution in [3.63, 3.8) is 0 Å². The Bertz CT molecular complexity index is 375. The van der Waals surface area contributed by atoms with Gasteiger partial charge in [-0.3, -0.25) is 0 Å². The fourth-order valence-corrected chi connectivity index (χ4v) is 2.41. The van der Waals surface area contributed by atoms with Gasteiger partial charge in [-0.25, -0.2) is 0 Å². The fourth-order valence-electron chi connectivity index (χ4n) is 2.41. The van der Waals surface area contributed by atoms with Gasteiger partial charge in [-0.15, -0.1) is 0 Å². The molecule has 0 saturated heterocycles. The van der Waals surface area contributed by atoms with Crippen LogP contribution in [0, 0.1) is 5.92 Å². The summed E-state index contributed by atoms with van der Waals surface area (Å²) in [7, 11) is 1.73. The molecular weight excluding hydrogens is 210 g/mol. The number of rotatable bonds is 5. The van der Waals surface area contributed by atoms with Crippen molar-refractivity contribution in [3.8, 4) is 5.75 Å². The van der Waals surface area contributed by atoms with Crippen LogP contribution in [0.1, 0.15) is 43.9 Å². The summed E-state index contributed by atoms with van der Waals surface area (Å²) in [5.41, 5.74) is 2.92. The first-order valence-electron chi connectivity index (χ1n) is 6.64. The average Bonchev–Trinajstić information content (AvgIpc) is 2.78. The SMILES string of the molecule is CCC(C)CNC1CCc2ccc(OC)cc21. The molecule has 0 heterocycles. The molecule has 2 rings (SSSR count). The summed E-state index contributed by atoms with van der Waals surface area (Å²) in [5, 5.41) is 3.68. The van der Waals surface area contributed by atoms with Crippen molar-refractivity contribution in [1.82, 2.24) is 5.32 Å². The molecule has 1 aliphatic rings. The molecule has 2 heteroatoms. The molecule has 0 spiro atoms. The standard InChI is InChI=1S/C15H23NO/c1-4-11(2)10-16-15-8-6-12-5-7-13(17-3)9-14(12)15/h5,7,9,11,15-16H,4,6,8,10H2,1-3H3. The summed E-state index contributed by atoms with van der Waals surface area (Å²) >= 11 is 0. The average molecular weight is 233 g/mol. The van der Waals surface area contributed by atoms with E-state index in [2.05, 4.69) is 37.4 Å². The first-order valence-corrected chi connectivity index (χ1v) is 6.64. The molecule has 1 aromatic carbocycles. The number of fused-ring (bicyclic) bond motifs is 1. The maximum atomic E-state index is 5.31. The van der Waals surface area contributed by atoms with Crippen LogP contribution in [-0.4, -0.2) is 13.7 Å². The minimum atomic E-state index is 0.522. The Hall–Kier alpha value is -1.02. The number of nitrogens with one attached hydrogen (secondary N) is 1. The van der Waals surface area contributed by atoms with Crippen LogP contribution in [0.25, 0.3) is 0 Å². The third-order valence-electron chi connectivity index (χ3n) is 3.84. The normalized spacial score (nSPS) is 20.1. The molecule has 0 saturated carbocycles. The maximum Gasteiger partial charge on any atom is 0.119 e. The topological polar surface area (TPSA) is 21.3 Å². The van der Waals surface area contributed by atoms with Gasteiger partial charge in [0.1, 0.15) is 5.75 Å². The fraction of sp³-hybridized carbons (Fsp3) is 0.600. The highest BCUT2D eigenvalue weighted by molar-refractivity contribution is 5.40. The van der Waals surface area contributed by atoms with Gasteiger partial charge in [0.15, 0.2) is 0 Å². The molecule has 1 N–H and O–H groups in total. The summed E-state index contributed by atoms with van der Waals surface area (Å²) in [6.07, 6.45) is 3.65. The van der Waals surface area contributed by atoms with Crippen LogP contribution in [-0.2, 0) is 6.42 Å². The van der Waals surface area contributed by atoms with Gasteiger partial charge in [-0.1, -0.05) is 26.3 Å². The van der Waals surface area contributed by atoms with E-state index in [1.165, 1.54) is 30.4 Å². The summed E-state index contributed by atoms with van der Waals surface area (Å²) < 4.78 is 5.31.